The van der Waals surface area contributed by atoms with E-state index in [2.05, 4.69) is 26.6 Å². The third-order valence-corrected chi connectivity index (χ3v) is 5.19. The van der Waals surface area contributed by atoms with E-state index in [1.165, 1.54) is 17.8 Å². The van der Waals surface area contributed by atoms with Crippen molar-refractivity contribution in [1.82, 2.24) is 0 Å². The first-order valence-electron chi connectivity index (χ1n) is 8.12. The smallest absolute Gasteiger partial charge is 0.323 e. The Morgan fingerprint density at radius 3 is 2.46 bits per heavy atom. The molecule has 0 aliphatic carbocycles. The van der Waals surface area contributed by atoms with E-state index in [1.807, 2.05) is 12.3 Å². The number of benzene rings is 3. The highest BCUT2D eigenvalue weighted by Crippen LogP contribution is 2.33. The van der Waals surface area contributed by atoms with Gasteiger partial charge in [0.25, 0.3) is 0 Å². The van der Waals surface area contributed by atoms with Crippen LogP contribution in [0.2, 0.25) is 5.02 Å². The third-order valence-electron chi connectivity index (χ3n) is 3.66. The van der Waals surface area contributed by atoms with Crippen LogP contribution in [0.3, 0.4) is 0 Å². The van der Waals surface area contributed by atoms with Crippen molar-refractivity contribution in [3.8, 4) is 17.2 Å². The number of carbonyl (C=O) groups excluding carboxylic acids is 1. The average molecular weight is 480 g/mol. The number of phenolic OH excluding ortho intramolecular Hbond substituents is 1. The maximum Gasteiger partial charge on any atom is 0.323 e. The van der Waals surface area contributed by atoms with Gasteiger partial charge in [-0.25, -0.2) is 4.79 Å². The van der Waals surface area contributed by atoms with Gasteiger partial charge in [0.15, 0.2) is 5.75 Å². The number of carbonyl (C=O) groups is 1. The monoisotopic (exact) mass is 478 g/mol. The Balaban J connectivity index is 1.78. The lowest BCUT2D eigenvalue weighted by atomic mass is 10.3. The number of halogens is 2. The van der Waals surface area contributed by atoms with Crippen LogP contribution in [0.4, 0.5) is 16.2 Å². The molecule has 0 spiro atoms. The summed E-state index contributed by atoms with van der Waals surface area (Å²) in [6.07, 6.45) is 1.87. The van der Waals surface area contributed by atoms with E-state index in [0.717, 1.165) is 9.37 Å². The Labute approximate surface area is 180 Å². The fourth-order valence-electron chi connectivity index (χ4n) is 2.38. The minimum absolute atomic E-state index is 0.140. The molecule has 0 aliphatic rings. The first-order chi connectivity index (χ1) is 13.4. The van der Waals surface area contributed by atoms with Crippen LogP contribution in [-0.2, 0) is 0 Å². The highest BCUT2D eigenvalue weighted by atomic mass is 79.9. The number of rotatable bonds is 5. The van der Waals surface area contributed by atoms with Crippen molar-refractivity contribution >= 4 is 56.7 Å². The molecule has 0 fully saturated rings. The molecule has 0 aliphatic heterocycles. The second kappa shape index (κ2) is 9.23. The maximum atomic E-state index is 12.5. The van der Waals surface area contributed by atoms with Gasteiger partial charge < -0.3 is 20.5 Å². The second-order valence-corrected chi connectivity index (χ2v) is 7.86. The molecule has 3 rings (SSSR count). The van der Waals surface area contributed by atoms with Gasteiger partial charge in [-0.15, -0.1) is 11.8 Å². The van der Waals surface area contributed by atoms with E-state index in [0.29, 0.717) is 27.9 Å². The molecule has 0 atom stereocenters. The highest BCUT2D eigenvalue weighted by molar-refractivity contribution is 9.10. The van der Waals surface area contributed by atoms with Crippen molar-refractivity contribution in [2.75, 3.05) is 16.9 Å². The van der Waals surface area contributed by atoms with Crippen LogP contribution in [0.15, 0.2) is 70.0 Å². The predicted molar refractivity (Wildman–Crippen MR) is 118 cm³/mol. The molecule has 0 heterocycles. The molecular weight excluding hydrogens is 464 g/mol. The fraction of sp³-hybridized carbons (Fsp3) is 0.0500. The summed E-state index contributed by atoms with van der Waals surface area (Å²) >= 11 is 10.7. The molecule has 3 aromatic rings. The molecule has 5 nitrogen and oxygen atoms in total. The van der Waals surface area contributed by atoms with E-state index >= 15 is 0 Å². The molecule has 0 saturated heterocycles. The molecule has 0 radical (unpaired) electrons. The number of hydrogen-bond acceptors (Lipinski definition) is 4. The predicted octanol–water partition coefficient (Wildman–Crippen LogP) is 6.97. The lowest BCUT2D eigenvalue weighted by Gasteiger charge is -2.15. The first-order valence-corrected chi connectivity index (χ1v) is 10.5. The average Bonchev–Trinajstić information content (AvgIpc) is 2.67. The number of ether oxygens (including phenoxy) is 1. The molecule has 0 unspecified atom stereocenters. The van der Waals surface area contributed by atoms with Crippen LogP contribution in [0.5, 0.6) is 17.2 Å². The van der Waals surface area contributed by atoms with Crippen LogP contribution in [0, 0.1) is 0 Å². The van der Waals surface area contributed by atoms with E-state index in [9.17, 15) is 9.90 Å². The molecular formula is C20H16BrClN2O3S. The zero-order valence-corrected chi connectivity index (χ0v) is 17.9. The molecule has 0 saturated carbocycles. The van der Waals surface area contributed by atoms with Gasteiger partial charge in [0, 0.05) is 14.4 Å². The lowest BCUT2D eigenvalue weighted by molar-refractivity contribution is 0.262. The van der Waals surface area contributed by atoms with Gasteiger partial charge in [0.05, 0.1) is 11.4 Å². The summed E-state index contributed by atoms with van der Waals surface area (Å²) in [5, 5.41) is 15.8. The molecule has 0 aromatic heterocycles. The topological polar surface area (TPSA) is 70.6 Å². The molecule has 3 aromatic carbocycles. The molecule has 8 heteroatoms. The lowest BCUT2D eigenvalue weighted by Crippen LogP contribution is -2.20. The van der Waals surface area contributed by atoms with E-state index in [-0.39, 0.29) is 5.75 Å². The van der Waals surface area contributed by atoms with Gasteiger partial charge in [-0.1, -0.05) is 27.5 Å². The molecule has 0 bridgehead atoms. The number of amides is 2. The molecule has 28 heavy (non-hydrogen) atoms. The van der Waals surface area contributed by atoms with Gasteiger partial charge in [0.1, 0.15) is 11.5 Å². The number of thioether (sulfide) groups is 1. The number of phenols is 1. The van der Waals surface area contributed by atoms with Gasteiger partial charge in [-0.3, -0.25) is 0 Å². The van der Waals surface area contributed by atoms with E-state index in [4.69, 9.17) is 16.3 Å². The maximum absolute atomic E-state index is 12.5. The number of urea groups is 1. The van der Waals surface area contributed by atoms with Crippen LogP contribution in [-0.4, -0.2) is 17.4 Å². The van der Waals surface area contributed by atoms with Gasteiger partial charge in [0.2, 0.25) is 0 Å². The number of hydrogen-bond donors (Lipinski definition) is 3. The Morgan fingerprint density at radius 2 is 1.75 bits per heavy atom. The second-order valence-electron chi connectivity index (χ2n) is 5.66. The number of aromatic hydroxyl groups is 1. The van der Waals surface area contributed by atoms with Crippen LogP contribution in [0.1, 0.15) is 0 Å². The minimum Gasteiger partial charge on any atom is -0.508 e. The zero-order chi connectivity index (χ0) is 20.1. The van der Waals surface area contributed by atoms with Gasteiger partial charge >= 0.3 is 6.03 Å². The van der Waals surface area contributed by atoms with Crippen molar-refractivity contribution in [3.05, 3.63) is 70.2 Å². The summed E-state index contributed by atoms with van der Waals surface area (Å²) in [6.45, 7) is 0. The standard InChI is InChI=1S/C20H16BrClN2O3S/c1-28-19-11-14(25)5-8-16(19)23-20(26)24-17-10-12(21)2-9-18(17)27-15-6-3-13(22)4-7-15/h2-11,25H,1H3,(H2,23,24,26). The summed E-state index contributed by atoms with van der Waals surface area (Å²) in [4.78, 5) is 13.3. The Hall–Kier alpha value is -2.35. The highest BCUT2D eigenvalue weighted by Gasteiger charge is 2.12. The van der Waals surface area contributed by atoms with Crippen molar-refractivity contribution in [3.63, 3.8) is 0 Å². The summed E-state index contributed by atoms with van der Waals surface area (Å²) in [6, 6.07) is 16.6. The SMILES string of the molecule is CSc1cc(O)ccc1NC(=O)Nc1cc(Br)ccc1Oc1ccc(Cl)cc1. The summed E-state index contributed by atoms with van der Waals surface area (Å²) in [5.41, 5.74) is 1.09. The van der Waals surface area contributed by atoms with Crippen molar-refractivity contribution in [2.45, 2.75) is 4.90 Å². The van der Waals surface area contributed by atoms with Gasteiger partial charge in [-0.05, 0) is 66.9 Å². The Bertz CT molecular complexity index is 999. The molecule has 2 amide bonds. The van der Waals surface area contributed by atoms with Crippen molar-refractivity contribution in [2.24, 2.45) is 0 Å². The zero-order valence-electron chi connectivity index (χ0n) is 14.7. The van der Waals surface area contributed by atoms with Crippen LogP contribution in [0.25, 0.3) is 0 Å². The van der Waals surface area contributed by atoms with Crippen LogP contribution < -0.4 is 15.4 Å². The Morgan fingerprint density at radius 1 is 1.04 bits per heavy atom. The summed E-state index contributed by atoms with van der Waals surface area (Å²) < 4.78 is 6.66. The quantitative estimate of drug-likeness (QED) is 0.273. The van der Waals surface area contributed by atoms with Crippen LogP contribution >= 0.6 is 39.3 Å². The largest absolute Gasteiger partial charge is 0.508 e. The number of anilines is 2. The number of nitrogens with one attached hydrogen (secondary N) is 2. The van der Waals surface area contributed by atoms with Gasteiger partial charge in [-0.2, -0.15) is 0 Å². The van der Waals surface area contributed by atoms with E-state index < -0.39 is 6.03 Å². The van der Waals surface area contributed by atoms with E-state index in [1.54, 1.807) is 48.5 Å². The summed E-state index contributed by atoms with van der Waals surface area (Å²) in [5.74, 6) is 1.22. The third kappa shape index (κ3) is 5.34. The molecule has 3 N–H and O–H groups in total. The molecule has 144 valence electrons. The summed E-state index contributed by atoms with van der Waals surface area (Å²) in [7, 11) is 0. The Kier molecular flexibility index (Phi) is 6.72. The van der Waals surface area contributed by atoms with Crippen molar-refractivity contribution < 1.29 is 14.6 Å². The fourth-order valence-corrected chi connectivity index (χ4v) is 3.44. The van der Waals surface area contributed by atoms with Crippen molar-refractivity contribution in [1.29, 1.82) is 0 Å². The first kappa shape index (κ1) is 20.4. The minimum atomic E-state index is -0.431. The normalized spacial score (nSPS) is 10.4.